The van der Waals surface area contributed by atoms with Crippen molar-refractivity contribution in [1.82, 2.24) is 4.98 Å². The van der Waals surface area contributed by atoms with Gasteiger partial charge in [0, 0.05) is 18.9 Å². The third kappa shape index (κ3) is 4.77. The van der Waals surface area contributed by atoms with E-state index in [9.17, 15) is 4.79 Å². The lowest BCUT2D eigenvalue weighted by Crippen LogP contribution is -2.38. The van der Waals surface area contributed by atoms with E-state index in [-0.39, 0.29) is 17.9 Å². The Morgan fingerprint density at radius 2 is 1.65 bits per heavy atom. The minimum atomic E-state index is -0.0141. The normalized spacial score (nSPS) is 15.8. The zero-order valence-corrected chi connectivity index (χ0v) is 20.6. The molecule has 1 atom stereocenters. The van der Waals surface area contributed by atoms with E-state index in [1.165, 1.54) is 5.56 Å². The van der Waals surface area contributed by atoms with Crippen LogP contribution in [0.1, 0.15) is 47.4 Å². The van der Waals surface area contributed by atoms with Crippen LogP contribution in [0, 0.1) is 13.8 Å². The lowest BCUT2D eigenvalue weighted by atomic mass is 9.88. The summed E-state index contributed by atoms with van der Waals surface area (Å²) in [6.07, 6.45) is 2.47. The maximum Gasteiger partial charge on any atom is 0.229 e. The summed E-state index contributed by atoms with van der Waals surface area (Å²) >= 11 is 1.62. The van der Waals surface area contributed by atoms with E-state index in [1.807, 2.05) is 41.3 Å². The van der Waals surface area contributed by atoms with E-state index in [1.54, 1.807) is 11.3 Å². The molecule has 0 spiro atoms. The number of rotatable bonds is 7. The highest BCUT2D eigenvalue weighted by Crippen LogP contribution is 2.36. The summed E-state index contributed by atoms with van der Waals surface area (Å²) in [5.41, 5.74) is 5.62. The maximum absolute atomic E-state index is 14.0. The number of aryl methyl sites for hydroxylation is 2. The second-order valence-corrected chi connectivity index (χ2v) is 10.1. The van der Waals surface area contributed by atoms with Crippen molar-refractivity contribution in [2.24, 2.45) is 0 Å². The fourth-order valence-corrected chi connectivity index (χ4v) is 5.86. The lowest BCUT2D eigenvalue weighted by Gasteiger charge is -2.26. The molecule has 5 rings (SSSR count). The number of aromatic nitrogens is 1. The molecule has 1 aromatic heterocycles. The minimum absolute atomic E-state index is 0.0141. The van der Waals surface area contributed by atoms with Gasteiger partial charge in [-0.3, -0.25) is 9.69 Å². The Labute approximate surface area is 205 Å². The average molecular weight is 471 g/mol. The molecule has 1 fully saturated rings. The number of hydrogen-bond acceptors (Lipinski definition) is 4. The Morgan fingerprint density at radius 3 is 2.24 bits per heavy atom. The molecular formula is C29H30N2O2S. The number of hydrogen-bond donors (Lipinski definition) is 0. The van der Waals surface area contributed by atoms with Crippen LogP contribution in [0.25, 0.3) is 10.2 Å². The van der Waals surface area contributed by atoms with Crippen molar-refractivity contribution in [3.8, 4) is 0 Å². The van der Waals surface area contributed by atoms with Gasteiger partial charge < -0.3 is 4.74 Å². The summed E-state index contributed by atoms with van der Waals surface area (Å²) in [6, 6.07) is 24.9. The number of fused-ring (bicyclic) bond motifs is 1. The maximum atomic E-state index is 14.0. The van der Waals surface area contributed by atoms with Gasteiger partial charge in [0.2, 0.25) is 5.91 Å². The van der Waals surface area contributed by atoms with Crippen molar-refractivity contribution in [3.63, 3.8) is 0 Å². The molecule has 0 saturated carbocycles. The first kappa shape index (κ1) is 22.8. The summed E-state index contributed by atoms with van der Waals surface area (Å²) in [6.45, 7) is 5.50. The number of carbonyl (C=O) groups excluding carboxylic acids is 1. The minimum Gasteiger partial charge on any atom is -0.376 e. The predicted octanol–water partition coefficient (Wildman–Crippen LogP) is 6.65. The van der Waals surface area contributed by atoms with Gasteiger partial charge in [-0.05, 0) is 48.9 Å². The van der Waals surface area contributed by atoms with Crippen LogP contribution in [-0.2, 0) is 9.53 Å². The zero-order chi connectivity index (χ0) is 23.5. The largest absolute Gasteiger partial charge is 0.376 e. The molecule has 1 aliphatic rings. The van der Waals surface area contributed by atoms with E-state index >= 15 is 0 Å². The number of nitrogens with zero attached hydrogens (tertiary/aromatic N) is 2. The third-order valence-electron chi connectivity index (χ3n) is 6.66. The lowest BCUT2D eigenvalue weighted by molar-refractivity contribution is -0.119. The number of thiazole rings is 1. The molecule has 34 heavy (non-hydrogen) atoms. The van der Waals surface area contributed by atoms with Crippen molar-refractivity contribution in [1.29, 1.82) is 0 Å². The first-order valence-corrected chi connectivity index (χ1v) is 12.8. The quantitative estimate of drug-likeness (QED) is 0.304. The molecule has 1 saturated heterocycles. The number of amides is 1. The molecule has 4 aromatic rings. The first-order chi connectivity index (χ1) is 16.6. The highest BCUT2D eigenvalue weighted by molar-refractivity contribution is 7.22. The number of anilines is 1. The molecule has 1 aliphatic heterocycles. The molecular weight excluding hydrogens is 440 g/mol. The molecule has 4 nitrogen and oxygen atoms in total. The van der Waals surface area contributed by atoms with E-state index < -0.39 is 0 Å². The van der Waals surface area contributed by atoms with Crippen molar-refractivity contribution in [2.75, 3.05) is 18.1 Å². The molecule has 0 bridgehead atoms. The van der Waals surface area contributed by atoms with E-state index in [2.05, 4.69) is 50.2 Å². The third-order valence-corrected chi connectivity index (χ3v) is 7.87. The molecule has 2 heterocycles. The van der Waals surface area contributed by atoms with Crippen LogP contribution >= 0.6 is 11.3 Å². The summed E-state index contributed by atoms with van der Waals surface area (Å²) in [7, 11) is 0. The van der Waals surface area contributed by atoms with Crippen LogP contribution in [0.15, 0.2) is 72.8 Å². The van der Waals surface area contributed by atoms with Gasteiger partial charge in [0.25, 0.3) is 0 Å². The number of carbonyl (C=O) groups is 1. The molecule has 1 amide bonds. The van der Waals surface area contributed by atoms with Crippen molar-refractivity contribution < 1.29 is 9.53 Å². The molecule has 174 valence electrons. The molecule has 5 heteroatoms. The van der Waals surface area contributed by atoms with Gasteiger partial charge in [0.1, 0.15) is 0 Å². The fourth-order valence-electron chi connectivity index (χ4n) is 4.73. The van der Waals surface area contributed by atoms with E-state index in [4.69, 9.17) is 9.72 Å². The van der Waals surface area contributed by atoms with Gasteiger partial charge in [0.05, 0.1) is 22.9 Å². The van der Waals surface area contributed by atoms with Gasteiger partial charge in [-0.25, -0.2) is 4.98 Å². The highest BCUT2D eigenvalue weighted by atomic mass is 32.1. The van der Waals surface area contributed by atoms with Gasteiger partial charge in [-0.2, -0.15) is 0 Å². The van der Waals surface area contributed by atoms with Crippen LogP contribution in [0.5, 0.6) is 0 Å². The molecule has 1 unspecified atom stereocenters. The van der Waals surface area contributed by atoms with Gasteiger partial charge in [-0.1, -0.05) is 84.1 Å². The van der Waals surface area contributed by atoms with Gasteiger partial charge >= 0.3 is 0 Å². The number of ether oxygens (including phenoxy) is 1. The van der Waals surface area contributed by atoms with E-state index in [0.717, 1.165) is 51.5 Å². The van der Waals surface area contributed by atoms with Crippen LogP contribution in [0.3, 0.4) is 0 Å². The Kier molecular flexibility index (Phi) is 6.75. The highest BCUT2D eigenvalue weighted by Gasteiger charge is 2.29. The second kappa shape index (κ2) is 10.1. The first-order valence-electron chi connectivity index (χ1n) is 12.0. The molecule has 3 aromatic carbocycles. The van der Waals surface area contributed by atoms with Crippen LogP contribution in [-0.4, -0.2) is 30.1 Å². The smallest absolute Gasteiger partial charge is 0.229 e. The topological polar surface area (TPSA) is 42.4 Å². The molecule has 0 N–H and O–H groups in total. The molecule has 0 aliphatic carbocycles. The summed E-state index contributed by atoms with van der Waals surface area (Å²) < 4.78 is 7.09. The SMILES string of the molecule is Cc1ccc(C)c2sc(N(CC3CCCO3)C(=O)CC(c3ccccc3)c3ccccc3)nc12. The summed E-state index contributed by atoms with van der Waals surface area (Å²) in [5.74, 6) is 0.0716. The Morgan fingerprint density at radius 1 is 1.00 bits per heavy atom. The van der Waals surface area contributed by atoms with Crippen molar-refractivity contribution in [2.45, 2.75) is 45.1 Å². The Balaban J connectivity index is 1.51. The van der Waals surface area contributed by atoms with Gasteiger partial charge in [0.15, 0.2) is 5.13 Å². The van der Waals surface area contributed by atoms with Crippen LogP contribution in [0.4, 0.5) is 5.13 Å². The Bertz CT molecular complexity index is 1190. The molecule has 0 radical (unpaired) electrons. The standard InChI is InChI=1S/C29H30N2O2S/c1-20-15-16-21(2)28-27(20)30-29(34-28)31(19-24-14-9-17-33-24)26(32)18-25(22-10-5-3-6-11-22)23-12-7-4-8-13-23/h3-8,10-13,15-16,24-25H,9,14,17-19H2,1-2H3. The summed E-state index contributed by atoms with van der Waals surface area (Å²) in [4.78, 5) is 20.8. The number of benzene rings is 3. The fraction of sp³-hybridized carbons (Fsp3) is 0.310. The Hall–Kier alpha value is -3.02. The van der Waals surface area contributed by atoms with Gasteiger partial charge in [-0.15, -0.1) is 0 Å². The zero-order valence-electron chi connectivity index (χ0n) is 19.7. The monoisotopic (exact) mass is 470 g/mol. The predicted molar refractivity (Wildman–Crippen MR) is 140 cm³/mol. The van der Waals surface area contributed by atoms with Crippen LogP contribution < -0.4 is 4.90 Å². The average Bonchev–Trinajstić information content (AvgIpc) is 3.55. The van der Waals surface area contributed by atoms with E-state index in [0.29, 0.717) is 13.0 Å². The second-order valence-electron chi connectivity index (χ2n) is 9.09. The summed E-state index contributed by atoms with van der Waals surface area (Å²) in [5, 5.41) is 0.771. The van der Waals surface area contributed by atoms with Crippen molar-refractivity contribution in [3.05, 3.63) is 95.1 Å². The van der Waals surface area contributed by atoms with Crippen molar-refractivity contribution >= 4 is 32.6 Å². The van der Waals surface area contributed by atoms with Crippen LogP contribution in [0.2, 0.25) is 0 Å².